The molecule has 20 heavy (non-hydrogen) atoms. The molecule has 102 valence electrons. The summed E-state index contributed by atoms with van der Waals surface area (Å²) in [5, 5.41) is 7.33. The summed E-state index contributed by atoms with van der Waals surface area (Å²) in [5.74, 6) is -0.477. The van der Waals surface area contributed by atoms with Gasteiger partial charge in [0.15, 0.2) is 0 Å². The number of H-pyrrole nitrogens is 1. The predicted octanol–water partition coefficient (Wildman–Crippen LogP) is 3.55. The summed E-state index contributed by atoms with van der Waals surface area (Å²) < 4.78 is 20.4. The van der Waals surface area contributed by atoms with Gasteiger partial charge in [0.1, 0.15) is 16.1 Å². The first kappa shape index (κ1) is 13.1. The van der Waals surface area contributed by atoms with E-state index in [0.29, 0.717) is 16.8 Å². The number of aromatic amines is 1. The fourth-order valence-electron chi connectivity index (χ4n) is 2.11. The fraction of sp³-hybridized carbons (Fsp3) is 0.0769. The molecule has 0 unspecified atom stereocenters. The average Bonchev–Trinajstić information content (AvgIpc) is 3.06. The lowest BCUT2D eigenvalue weighted by atomic mass is 10.2. The molecule has 7 heteroatoms. The average molecular weight is 385 g/mol. The third kappa shape index (κ3) is 2.07. The summed E-state index contributed by atoms with van der Waals surface area (Å²) in [6.45, 7) is 0. The minimum Gasteiger partial charge on any atom is -0.438 e. The zero-order chi connectivity index (χ0) is 14.1. The molecule has 0 radical (unpaired) electrons. The van der Waals surface area contributed by atoms with Crippen molar-refractivity contribution in [3.63, 3.8) is 0 Å². The van der Waals surface area contributed by atoms with Crippen molar-refractivity contribution in [2.75, 3.05) is 4.61 Å². The van der Waals surface area contributed by atoms with Crippen LogP contribution in [0.5, 0.6) is 0 Å². The second-order valence-electron chi connectivity index (χ2n) is 4.02. The Bertz CT molecular complexity index is 767. The number of alkyl halides is 1. The Labute approximate surface area is 126 Å². The number of halogens is 2. The quantitative estimate of drug-likeness (QED) is 0.542. The molecule has 0 fully saturated rings. The molecule has 2 heterocycles. The fourth-order valence-corrected chi connectivity index (χ4v) is 2.38. The van der Waals surface area contributed by atoms with Crippen LogP contribution in [-0.4, -0.2) is 25.5 Å². The molecule has 0 amide bonds. The van der Waals surface area contributed by atoms with Crippen molar-refractivity contribution in [3.8, 4) is 11.4 Å². The molecule has 0 aliphatic rings. The normalized spacial score (nSPS) is 10.9. The number of carbonyl (C=O) groups excluding carboxylic acids is 1. The molecule has 0 aliphatic carbocycles. The molecule has 3 aromatic rings. The van der Waals surface area contributed by atoms with Crippen LogP contribution < -0.4 is 0 Å². The Kier molecular flexibility index (Phi) is 3.43. The van der Waals surface area contributed by atoms with E-state index in [1.807, 2.05) is 22.6 Å². The lowest BCUT2D eigenvalue weighted by molar-refractivity contribution is 0.171. The number of fused-ring (bicyclic) bond motifs is 1. The Balaban J connectivity index is 2.31. The van der Waals surface area contributed by atoms with Crippen LogP contribution in [0, 0.1) is 5.82 Å². The van der Waals surface area contributed by atoms with Gasteiger partial charge in [-0.15, -0.1) is 0 Å². The van der Waals surface area contributed by atoms with Gasteiger partial charge in [0.25, 0.3) is 0 Å². The number of hydrogen-bond acceptors (Lipinski definition) is 3. The second kappa shape index (κ2) is 5.23. The topological polar surface area (TPSA) is 59.9 Å². The summed E-state index contributed by atoms with van der Waals surface area (Å²) >= 11 is 1.91. The standard InChI is InChI=1S/C13H9FIN3O2/c14-9-3-1-2-8-6-11(10-4-5-16-17-10)18(12(8)9)13(19)20-7-15/h1-6H,7H2,(H,16,17). The van der Waals surface area contributed by atoms with Gasteiger partial charge in [0, 0.05) is 11.6 Å². The van der Waals surface area contributed by atoms with Crippen molar-refractivity contribution < 1.29 is 13.9 Å². The number of para-hydroxylation sites is 1. The van der Waals surface area contributed by atoms with Crippen LogP contribution in [0.15, 0.2) is 36.5 Å². The van der Waals surface area contributed by atoms with Gasteiger partial charge in [0.05, 0.1) is 11.2 Å². The molecule has 0 aliphatic heterocycles. The number of rotatable bonds is 2. The van der Waals surface area contributed by atoms with Crippen molar-refractivity contribution in [2.24, 2.45) is 0 Å². The molecule has 0 saturated heterocycles. The smallest absolute Gasteiger partial charge is 0.419 e. The van der Waals surface area contributed by atoms with Crippen LogP contribution in [0.25, 0.3) is 22.3 Å². The van der Waals surface area contributed by atoms with E-state index < -0.39 is 11.9 Å². The maximum Gasteiger partial charge on any atom is 0.419 e. The Morgan fingerprint density at radius 2 is 2.30 bits per heavy atom. The largest absolute Gasteiger partial charge is 0.438 e. The van der Waals surface area contributed by atoms with Crippen molar-refractivity contribution in [1.82, 2.24) is 14.8 Å². The summed E-state index contributed by atoms with van der Waals surface area (Å²) in [5.41, 5.74) is 1.23. The van der Waals surface area contributed by atoms with E-state index in [1.54, 1.807) is 30.5 Å². The van der Waals surface area contributed by atoms with Crippen molar-refractivity contribution in [1.29, 1.82) is 0 Å². The molecule has 0 spiro atoms. The van der Waals surface area contributed by atoms with Crippen molar-refractivity contribution in [2.45, 2.75) is 0 Å². The SMILES string of the molecule is O=C(OCI)n1c(-c2cc[nH]n2)cc2cccc(F)c21. The maximum absolute atomic E-state index is 14.0. The molecule has 0 saturated carbocycles. The Hall–Kier alpha value is -1.90. The first-order valence-electron chi connectivity index (χ1n) is 5.75. The Morgan fingerprint density at radius 3 is 3.00 bits per heavy atom. The number of hydrogen-bond donors (Lipinski definition) is 1. The molecule has 1 N–H and O–H groups in total. The third-order valence-corrected chi connectivity index (χ3v) is 3.21. The Morgan fingerprint density at radius 1 is 1.45 bits per heavy atom. The monoisotopic (exact) mass is 385 g/mol. The van der Waals surface area contributed by atoms with Crippen LogP contribution in [0.1, 0.15) is 0 Å². The molecular formula is C13H9FIN3O2. The molecule has 1 aromatic carbocycles. The highest BCUT2D eigenvalue weighted by molar-refractivity contribution is 14.1. The number of ether oxygens (including phenoxy) is 1. The van der Waals surface area contributed by atoms with E-state index in [9.17, 15) is 9.18 Å². The van der Waals surface area contributed by atoms with Gasteiger partial charge in [-0.2, -0.15) is 5.10 Å². The van der Waals surface area contributed by atoms with Gasteiger partial charge in [0.2, 0.25) is 0 Å². The highest BCUT2D eigenvalue weighted by atomic mass is 127. The molecule has 2 aromatic heterocycles. The number of nitrogens with zero attached hydrogens (tertiary/aromatic N) is 2. The lowest BCUT2D eigenvalue weighted by Crippen LogP contribution is -2.14. The van der Waals surface area contributed by atoms with Gasteiger partial charge in [-0.1, -0.05) is 12.1 Å². The van der Waals surface area contributed by atoms with Gasteiger partial charge in [-0.3, -0.25) is 5.10 Å². The van der Waals surface area contributed by atoms with E-state index in [-0.39, 0.29) is 10.1 Å². The number of carbonyl (C=O) groups is 1. The third-order valence-electron chi connectivity index (χ3n) is 2.90. The molecule has 5 nitrogen and oxygen atoms in total. The first-order valence-corrected chi connectivity index (χ1v) is 7.28. The van der Waals surface area contributed by atoms with E-state index in [4.69, 9.17) is 4.74 Å². The van der Waals surface area contributed by atoms with E-state index in [2.05, 4.69) is 10.2 Å². The maximum atomic E-state index is 14.0. The highest BCUT2D eigenvalue weighted by Crippen LogP contribution is 2.29. The first-order chi connectivity index (χ1) is 9.72. The van der Waals surface area contributed by atoms with Crippen LogP contribution in [0.4, 0.5) is 9.18 Å². The zero-order valence-corrected chi connectivity index (χ0v) is 12.3. The van der Waals surface area contributed by atoms with E-state index >= 15 is 0 Å². The zero-order valence-electron chi connectivity index (χ0n) is 10.1. The van der Waals surface area contributed by atoms with Gasteiger partial charge < -0.3 is 4.74 Å². The van der Waals surface area contributed by atoms with E-state index in [1.165, 1.54) is 10.6 Å². The predicted molar refractivity (Wildman–Crippen MR) is 80.2 cm³/mol. The summed E-state index contributed by atoms with van der Waals surface area (Å²) in [4.78, 5) is 12.1. The molecule has 0 atom stereocenters. The van der Waals surface area contributed by atoms with Crippen molar-refractivity contribution >= 4 is 39.6 Å². The van der Waals surface area contributed by atoms with Crippen LogP contribution in [-0.2, 0) is 4.74 Å². The van der Waals surface area contributed by atoms with Crippen LogP contribution >= 0.6 is 22.6 Å². The van der Waals surface area contributed by atoms with Gasteiger partial charge in [-0.05, 0) is 40.8 Å². The van der Waals surface area contributed by atoms with E-state index in [0.717, 1.165) is 0 Å². The van der Waals surface area contributed by atoms with Crippen molar-refractivity contribution in [3.05, 3.63) is 42.3 Å². The highest BCUT2D eigenvalue weighted by Gasteiger charge is 2.20. The minimum absolute atomic E-state index is 0.185. The number of benzene rings is 1. The van der Waals surface area contributed by atoms with Gasteiger partial charge in [-0.25, -0.2) is 13.8 Å². The van der Waals surface area contributed by atoms with Crippen LogP contribution in [0.2, 0.25) is 0 Å². The summed E-state index contributed by atoms with van der Waals surface area (Å²) in [7, 11) is 0. The van der Waals surface area contributed by atoms with Crippen LogP contribution in [0.3, 0.4) is 0 Å². The molecular weight excluding hydrogens is 376 g/mol. The second-order valence-corrected chi connectivity index (χ2v) is 4.64. The number of nitrogens with one attached hydrogen (secondary N) is 1. The lowest BCUT2D eigenvalue weighted by Gasteiger charge is -2.07. The minimum atomic E-state index is -0.627. The molecule has 3 rings (SSSR count). The number of aromatic nitrogens is 3. The summed E-state index contributed by atoms with van der Waals surface area (Å²) in [6.07, 6.45) is 1.01. The molecule has 0 bridgehead atoms. The summed E-state index contributed by atoms with van der Waals surface area (Å²) in [6, 6.07) is 8.07. The van der Waals surface area contributed by atoms with Gasteiger partial charge >= 0.3 is 6.09 Å².